The van der Waals surface area contributed by atoms with Crippen LogP contribution in [0.1, 0.15) is 46.0 Å². The number of rotatable bonds is 5. The van der Waals surface area contributed by atoms with Crippen LogP contribution in [0, 0.1) is 5.92 Å². The molecule has 72 valence electrons. The van der Waals surface area contributed by atoms with E-state index in [1.807, 2.05) is 0 Å². The van der Waals surface area contributed by atoms with Crippen molar-refractivity contribution in [3.63, 3.8) is 0 Å². The molecule has 1 nitrogen and oxygen atoms in total. The van der Waals surface area contributed by atoms with E-state index in [2.05, 4.69) is 25.8 Å². The minimum absolute atomic E-state index is 0.875. The van der Waals surface area contributed by atoms with Gasteiger partial charge in [0.1, 0.15) is 0 Å². The molecule has 12 heavy (non-hydrogen) atoms. The summed E-state index contributed by atoms with van der Waals surface area (Å²) in [6.07, 6.45) is 7.11. The molecular formula is C11H23N. The molecule has 0 atom stereocenters. The molecule has 1 heteroatoms. The maximum atomic E-state index is 2.55. The predicted octanol–water partition coefficient (Wildman–Crippen LogP) is 2.91. The summed E-state index contributed by atoms with van der Waals surface area (Å²) in [4.78, 5) is 2.55. The maximum absolute atomic E-state index is 2.55. The Morgan fingerprint density at radius 3 is 2.42 bits per heavy atom. The van der Waals surface area contributed by atoms with Gasteiger partial charge in [0.2, 0.25) is 0 Å². The Labute approximate surface area is 77.1 Å². The van der Waals surface area contributed by atoms with Crippen molar-refractivity contribution in [3.05, 3.63) is 0 Å². The first-order valence-corrected chi connectivity index (χ1v) is 5.40. The highest BCUT2D eigenvalue weighted by Gasteiger charge is 2.20. The first-order chi connectivity index (χ1) is 5.70. The third-order valence-electron chi connectivity index (χ3n) is 2.99. The first kappa shape index (κ1) is 10.0. The fourth-order valence-electron chi connectivity index (χ4n) is 1.76. The van der Waals surface area contributed by atoms with Crippen LogP contribution in [0.15, 0.2) is 0 Å². The molecule has 0 radical (unpaired) electrons. The second-order valence-corrected chi connectivity index (χ2v) is 4.60. The number of hydrogen-bond acceptors (Lipinski definition) is 1. The Morgan fingerprint density at radius 2 is 2.00 bits per heavy atom. The van der Waals surface area contributed by atoms with Crippen molar-refractivity contribution >= 4 is 0 Å². The fourth-order valence-corrected chi connectivity index (χ4v) is 1.76. The van der Waals surface area contributed by atoms with E-state index in [0.717, 1.165) is 12.0 Å². The summed E-state index contributed by atoms with van der Waals surface area (Å²) in [7, 11) is 2.28. The summed E-state index contributed by atoms with van der Waals surface area (Å²) < 4.78 is 0. The minimum atomic E-state index is 0.875. The van der Waals surface area contributed by atoms with Gasteiger partial charge in [0.05, 0.1) is 0 Å². The molecule has 0 spiro atoms. The van der Waals surface area contributed by atoms with Gasteiger partial charge in [-0.3, -0.25) is 0 Å². The lowest BCUT2D eigenvalue weighted by atomic mass is 9.91. The average Bonchev–Trinajstić information content (AvgIpc) is 1.81. The Kier molecular flexibility index (Phi) is 4.07. The van der Waals surface area contributed by atoms with Crippen LogP contribution in [0.3, 0.4) is 0 Å². The molecule has 0 unspecified atom stereocenters. The summed E-state index contributed by atoms with van der Waals surface area (Å²) in [6.45, 7) is 5.93. The highest BCUT2D eigenvalue weighted by molar-refractivity contribution is 4.77. The van der Waals surface area contributed by atoms with Crippen molar-refractivity contribution in [3.8, 4) is 0 Å². The van der Waals surface area contributed by atoms with E-state index in [4.69, 9.17) is 0 Å². The predicted molar refractivity (Wildman–Crippen MR) is 54.3 cm³/mol. The van der Waals surface area contributed by atoms with Crippen LogP contribution >= 0.6 is 0 Å². The molecule has 0 N–H and O–H groups in total. The molecule has 1 rings (SSSR count). The lowest BCUT2D eigenvalue weighted by Gasteiger charge is -2.34. The van der Waals surface area contributed by atoms with Gasteiger partial charge in [0.25, 0.3) is 0 Å². The van der Waals surface area contributed by atoms with Crippen LogP contribution in [0.4, 0.5) is 0 Å². The zero-order valence-corrected chi connectivity index (χ0v) is 8.84. The second-order valence-electron chi connectivity index (χ2n) is 4.60. The van der Waals surface area contributed by atoms with Gasteiger partial charge in [0.15, 0.2) is 0 Å². The van der Waals surface area contributed by atoms with Crippen LogP contribution in [-0.4, -0.2) is 24.5 Å². The van der Waals surface area contributed by atoms with Gasteiger partial charge in [0, 0.05) is 6.04 Å². The number of nitrogens with zero attached hydrogens (tertiary/aromatic N) is 1. The Bertz CT molecular complexity index is 116. The molecule has 1 aliphatic rings. The van der Waals surface area contributed by atoms with Gasteiger partial charge in [-0.05, 0) is 45.2 Å². The van der Waals surface area contributed by atoms with E-state index in [-0.39, 0.29) is 0 Å². The highest BCUT2D eigenvalue weighted by Crippen LogP contribution is 2.23. The lowest BCUT2D eigenvalue weighted by molar-refractivity contribution is 0.156. The molecule has 1 fully saturated rings. The fraction of sp³-hybridized carbons (Fsp3) is 1.00. The lowest BCUT2D eigenvalue weighted by Crippen LogP contribution is -2.37. The van der Waals surface area contributed by atoms with E-state index < -0.39 is 0 Å². The Balaban J connectivity index is 1.98. The molecule has 0 heterocycles. The van der Waals surface area contributed by atoms with Gasteiger partial charge in [-0.25, -0.2) is 0 Å². The average molecular weight is 169 g/mol. The summed E-state index contributed by atoms with van der Waals surface area (Å²) in [5.74, 6) is 0.875. The van der Waals surface area contributed by atoms with Crippen LogP contribution in [-0.2, 0) is 0 Å². The van der Waals surface area contributed by atoms with E-state index in [1.54, 1.807) is 0 Å². The molecule has 0 amide bonds. The molecule has 0 bridgehead atoms. The smallest absolute Gasteiger partial charge is 0.00922 e. The van der Waals surface area contributed by atoms with E-state index in [9.17, 15) is 0 Å². The summed E-state index contributed by atoms with van der Waals surface area (Å²) in [5, 5.41) is 0. The van der Waals surface area contributed by atoms with Crippen LogP contribution < -0.4 is 0 Å². The topological polar surface area (TPSA) is 3.24 Å². The Morgan fingerprint density at radius 1 is 1.33 bits per heavy atom. The van der Waals surface area contributed by atoms with Gasteiger partial charge in [-0.2, -0.15) is 0 Å². The highest BCUT2D eigenvalue weighted by atomic mass is 15.1. The molecule has 0 saturated heterocycles. The van der Waals surface area contributed by atoms with Crippen LogP contribution in [0.2, 0.25) is 0 Å². The quantitative estimate of drug-likeness (QED) is 0.611. The largest absolute Gasteiger partial charge is 0.303 e. The molecule has 1 saturated carbocycles. The third-order valence-corrected chi connectivity index (χ3v) is 2.99. The minimum Gasteiger partial charge on any atom is -0.303 e. The van der Waals surface area contributed by atoms with E-state index in [1.165, 1.54) is 38.6 Å². The standard InChI is InChI=1S/C11H23N/c1-10(2)6-5-9-12(3)11-7-4-8-11/h10-11H,4-9H2,1-3H3. The second kappa shape index (κ2) is 4.86. The maximum Gasteiger partial charge on any atom is 0.00922 e. The van der Waals surface area contributed by atoms with Gasteiger partial charge < -0.3 is 4.90 Å². The summed E-state index contributed by atoms with van der Waals surface area (Å²) in [6, 6.07) is 0.928. The molecular weight excluding hydrogens is 146 g/mol. The van der Waals surface area contributed by atoms with E-state index in [0.29, 0.717) is 0 Å². The number of hydrogen-bond donors (Lipinski definition) is 0. The zero-order chi connectivity index (χ0) is 8.97. The molecule has 0 aromatic rings. The van der Waals surface area contributed by atoms with Gasteiger partial charge in [-0.15, -0.1) is 0 Å². The van der Waals surface area contributed by atoms with Crippen molar-refractivity contribution < 1.29 is 0 Å². The summed E-state index contributed by atoms with van der Waals surface area (Å²) in [5.41, 5.74) is 0. The van der Waals surface area contributed by atoms with Crippen molar-refractivity contribution in [2.45, 2.75) is 52.0 Å². The van der Waals surface area contributed by atoms with Crippen LogP contribution in [0.5, 0.6) is 0 Å². The van der Waals surface area contributed by atoms with Crippen LogP contribution in [0.25, 0.3) is 0 Å². The molecule has 1 aliphatic carbocycles. The van der Waals surface area contributed by atoms with E-state index >= 15 is 0 Å². The van der Waals surface area contributed by atoms with Crippen molar-refractivity contribution in [1.82, 2.24) is 4.90 Å². The van der Waals surface area contributed by atoms with Gasteiger partial charge >= 0.3 is 0 Å². The monoisotopic (exact) mass is 169 g/mol. The van der Waals surface area contributed by atoms with Crippen molar-refractivity contribution in [2.24, 2.45) is 5.92 Å². The SMILES string of the molecule is CC(C)CCCN(C)C1CCC1. The van der Waals surface area contributed by atoms with Crippen molar-refractivity contribution in [1.29, 1.82) is 0 Å². The Hall–Kier alpha value is -0.0400. The molecule has 0 aromatic heterocycles. The summed E-state index contributed by atoms with van der Waals surface area (Å²) >= 11 is 0. The van der Waals surface area contributed by atoms with Gasteiger partial charge in [-0.1, -0.05) is 20.3 Å². The normalized spacial score (nSPS) is 18.8. The molecule has 0 aliphatic heterocycles. The molecule has 0 aromatic carbocycles. The zero-order valence-electron chi connectivity index (χ0n) is 8.84. The van der Waals surface area contributed by atoms with Crippen molar-refractivity contribution in [2.75, 3.05) is 13.6 Å². The first-order valence-electron chi connectivity index (χ1n) is 5.40. The third kappa shape index (κ3) is 3.14.